The van der Waals surface area contributed by atoms with Gasteiger partial charge in [0.25, 0.3) is 0 Å². The molecule has 0 saturated carbocycles. The van der Waals surface area contributed by atoms with Crippen LogP contribution in [0.15, 0.2) is 40.5 Å². The highest BCUT2D eigenvalue weighted by Gasteiger charge is 2.31. The summed E-state index contributed by atoms with van der Waals surface area (Å²) in [6, 6.07) is 10.5. The molecule has 1 aliphatic heterocycles. The lowest BCUT2D eigenvalue weighted by Crippen LogP contribution is -2.34. The molecule has 5 nitrogen and oxygen atoms in total. The minimum absolute atomic E-state index is 0.0489. The highest BCUT2D eigenvalue weighted by atomic mass is 32.2. The topological polar surface area (TPSA) is 64.1 Å². The molecular formula is C26H33N3O2S3. The number of rotatable bonds is 10. The van der Waals surface area contributed by atoms with Gasteiger partial charge >= 0.3 is 0 Å². The van der Waals surface area contributed by atoms with E-state index in [1.807, 2.05) is 6.07 Å². The van der Waals surface area contributed by atoms with Gasteiger partial charge in [0.15, 0.2) is 5.16 Å². The quantitative estimate of drug-likeness (QED) is 0.195. The zero-order chi connectivity index (χ0) is 24.1. The van der Waals surface area contributed by atoms with E-state index in [1.165, 1.54) is 27.8 Å². The number of carbonyl (C=O) groups is 1. The highest BCUT2D eigenvalue weighted by molar-refractivity contribution is 8.00. The van der Waals surface area contributed by atoms with Crippen LogP contribution in [-0.2, 0) is 29.0 Å². The molecule has 0 bridgehead atoms. The van der Waals surface area contributed by atoms with Gasteiger partial charge in [-0.25, -0.2) is 9.97 Å². The summed E-state index contributed by atoms with van der Waals surface area (Å²) in [4.78, 5) is 24.8. The van der Waals surface area contributed by atoms with Crippen LogP contribution in [0.4, 0.5) is 0 Å². The molecule has 0 unspecified atom stereocenters. The maximum Gasteiger partial charge on any atom is 0.230 e. The van der Waals surface area contributed by atoms with Gasteiger partial charge in [0.05, 0.1) is 18.0 Å². The van der Waals surface area contributed by atoms with Crippen molar-refractivity contribution in [3.63, 3.8) is 0 Å². The van der Waals surface area contributed by atoms with Gasteiger partial charge in [-0.15, -0.1) is 11.3 Å². The van der Waals surface area contributed by atoms with E-state index in [0.717, 1.165) is 51.8 Å². The highest BCUT2D eigenvalue weighted by Crippen LogP contribution is 2.42. The number of hydrogen-bond acceptors (Lipinski definition) is 7. The lowest BCUT2D eigenvalue weighted by atomic mass is 9.95. The Kier molecular flexibility index (Phi) is 8.56. The number of benzene rings is 1. The molecule has 1 atom stereocenters. The zero-order valence-electron chi connectivity index (χ0n) is 20.3. The molecule has 3 aromatic rings. The number of aryl methyl sites for hydroxylation is 1. The molecule has 3 heterocycles. The van der Waals surface area contributed by atoms with Crippen LogP contribution in [0.3, 0.4) is 0 Å². The summed E-state index contributed by atoms with van der Waals surface area (Å²) < 4.78 is 6.04. The number of aromatic nitrogens is 2. The number of nitrogens with one attached hydrogen (secondary N) is 1. The monoisotopic (exact) mass is 515 g/mol. The predicted molar refractivity (Wildman–Crippen MR) is 144 cm³/mol. The molecule has 0 radical (unpaired) electrons. The fraction of sp³-hybridized carbons (Fsp3) is 0.500. The second-order valence-electron chi connectivity index (χ2n) is 9.35. The van der Waals surface area contributed by atoms with Gasteiger partial charge in [0.2, 0.25) is 5.91 Å². The first-order chi connectivity index (χ1) is 16.3. The second kappa shape index (κ2) is 11.4. The minimum Gasteiger partial charge on any atom is -0.370 e. The van der Waals surface area contributed by atoms with E-state index < -0.39 is 0 Å². The molecular weight excluding hydrogens is 483 g/mol. The van der Waals surface area contributed by atoms with E-state index in [0.29, 0.717) is 12.4 Å². The van der Waals surface area contributed by atoms with E-state index in [2.05, 4.69) is 57.3 Å². The summed E-state index contributed by atoms with van der Waals surface area (Å²) in [5.41, 5.74) is 2.39. The summed E-state index contributed by atoms with van der Waals surface area (Å²) in [6.45, 7) is 9.11. The molecule has 2 aromatic heterocycles. The normalized spacial score (nSPS) is 15.8. The van der Waals surface area contributed by atoms with Gasteiger partial charge in [-0.05, 0) is 51.2 Å². The van der Waals surface area contributed by atoms with Gasteiger partial charge in [0.1, 0.15) is 9.86 Å². The van der Waals surface area contributed by atoms with Crippen LogP contribution < -0.4 is 5.32 Å². The molecule has 8 heteroatoms. The largest absolute Gasteiger partial charge is 0.370 e. The van der Waals surface area contributed by atoms with Crippen molar-refractivity contribution in [2.75, 3.05) is 11.5 Å². The van der Waals surface area contributed by atoms with E-state index in [1.54, 1.807) is 23.1 Å². The van der Waals surface area contributed by atoms with Gasteiger partial charge < -0.3 is 10.1 Å². The molecule has 1 N–H and O–H groups in total. The summed E-state index contributed by atoms with van der Waals surface area (Å²) in [6.07, 6.45) is 3.78. The smallest absolute Gasteiger partial charge is 0.230 e. The van der Waals surface area contributed by atoms with Crippen molar-refractivity contribution in [3.05, 3.63) is 46.3 Å². The number of hydrogen-bond donors (Lipinski definition) is 1. The van der Waals surface area contributed by atoms with Crippen molar-refractivity contribution < 1.29 is 9.53 Å². The summed E-state index contributed by atoms with van der Waals surface area (Å²) in [7, 11) is 0. The average Bonchev–Trinajstić information content (AvgIpc) is 3.17. The van der Waals surface area contributed by atoms with Crippen LogP contribution in [0.25, 0.3) is 10.2 Å². The summed E-state index contributed by atoms with van der Waals surface area (Å²) in [5.74, 6) is 1.38. The summed E-state index contributed by atoms with van der Waals surface area (Å²) >= 11 is 4.92. The number of amides is 1. The molecule has 34 heavy (non-hydrogen) atoms. The average molecular weight is 516 g/mol. The molecule has 4 rings (SSSR count). The van der Waals surface area contributed by atoms with Crippen molar-refractivity contribution in [1.29, 1.82) is 0 Å². The Hall–Kier alpha value is -1.61. The van der Waals surface area contributed by atoms with Crippen molar-refractivity contribution in [2.24, 2.45) is 0 Å². The van der Waals surface area contributed by atoms with Crippen molar-refractivity contribution >= 4 is 51.0 Å². The molecule has 0 fully saturated rings. The number of nitrogens with zero attached hydrogens (tertiary/aromatic N) is 2. The van der Waals surface area contributed by atoms with Crippen LogP contribution >= 0.6 is 34.9 Å². The van der Waals surface area contributed by atoms with Crippen molar-refractivity contribution in [2.45, 2.75) is 81.8 Å². The lowest BCUT2D eigenvalue weighted by molar-refractivity contribution is -0.119. The minimum atomic E-state index is -0.204. The van der Waals surface area contributed by atoms with Gasteiger partial charge in [-0.1, -0.05) is 60.8 Å². The molecule has 0 spiro atoms. The Morgan fingerprint density at radius 2 is 2.03 bits per heavy atom. The van der Waals surface area contributed by atoms with E-state index >= 15 is 0 Å². The lowest BCUT2D eigenvalue weighted by Gasteiger charge is -2.30. The first-order valence-corrected chi connectivity index (χ1v) is 14.7. The van der Waals surface area contributed by atoms with Gasteiger partial charge in [-0.3, -0.25) is 4.79 Å². The Balaban J connectivity index is 1.46. The van der Waals surface area contributed by atoms with Crippen LogP contribution in [-0.4, -0.2) is 39.0 Å². The molecule has 182 valence electrons. The number of thiophene rings is 1. The first-order valence-electron chi connectivity index (χ1n) is 11.9. The second-order valence-corrected chi connectivity index (χ2v) is 12.5. The fourth-order valence-electron chi connectivity index (χ4n) is 4.01. The Morgan fingerprint density at radius 1 is 1.24 bits per heavy atom. The summed E-state index contributed by atoms with van der Waals surface area (Å²) in [5, 5.41) is 6.00. The van der Waals surface area contributed by atoms with Crippen molar-refractivity contribution in [1.82, 2.24) is 15.3 Å². The molecule has 1 amide bonds. The maximum atomic E-state index is 12.8. The first kappa shape index (κ1) is 25.5. The van der Waals surface area contributed by atoms with Crippen molar-refractivity contribution in [3.8, 4) is 0 Å². The Labute approximate surface area is 214 Å². The van der Waals surface area contributed by atoms with Crippen LogP contribution in [0.1, 0.15) is 56.5 Å². The third-order valence-corrected chi connectivity index (χ3v) is 8.90. The standard InChI is InChI=1S/C26H33N3O2S3/c1-5-13-32-25-28-23(22-19-14-26(3,4)31-15-20(19)34-24(22)29-25)33-16-21(30)27-17(2)11-12-18-9-7-6-8-10-18/h6-10,17H,5,11-16H2,1-4H3,(H,27,30)/t17-/m1/s1. The third-order valence-electron chi connectivity index (χ3n) is 5.77. The van der Waals surface area contributed by atoms with E-state index in [-0.39, 0.29) is 17.6 Å². The molecule has 1 aliphatic rings. The maximum absolute atomic E-state index is 12.8. The van der Waals surface area contributed by atoms with E-state index in [4.69, 9.17) is 14.7 Å². The number of thioether (sulfide) groups is 2. The van der Waals surface area contributed by atoms with Crippen LogP contribution in [0, 0.1) is 0 Å². The van der Waals surface area contributed by atoms with Gasteiger partial charge in [0, 0.05) is 28.5 Å². The fourth-order valence-corrected chi connectivity index (χ4v) is 6.85. The Bertz CT molecular complexity index is 1130. The SMILES string of the molecule is CCCSc1nc(SCC(=O)N[C@H](C)CCc2ccccc2)c2c3c(sc2n1)COC(C)(C)C3. The predicted octanol–water partition coefficient (Wildman–Crippen LogP) is 6.27. The van der Waals surface area contributed by atoms with E-state index in [9.17, 15) is 4.79 Å². The zero-order valence-corrected chi connectivity index (χ0v) is 22.8. The van der Waals surface area contributed by atoms with Crippen LogP contribution in [0.5, 0.6) is 0 Å². The van der Waals surface area contributed by atoms with Gasteiger partial charge in [-0.2, -0.15) is 0 Å². The number of fused-ring (bicyclic) bond motifs is 3. The number of carbonyl (C=O) groups excluding carboxylic acids is 1. The Morgan fingerprint density at radius 3 is 2.79 bits per heavy atom. The van der Waals surface area contributed by atoms with Crippen LogP contribution in [0.2, 0.25) is 0 Å². The molecule has 0 aliphatic carbocycles. The molecule has 0 saturated heterocycles. The number of ether oxygens (including phenoxy) is 1. The third kappa shape index (κ3) is 6.53. The molecule has 1 aromatic carbocycles.